The van der Waals surface area contributed by atoms with Crippen molar-refractivity contribution in [2.75, 3.05) is 54.9 Å². The number of hydrogen-bond donors (Lipinski definition) is 5. The molecule has 5 N–H and O–H groups in total. The summed E-state index contributed by atoms with van der Waals surface area (Å²) in [4.78, 5) is 37.7. The number of ether oxygens (including phenoxy) is 6. The largest absolute Gasteiger partial charge is 0.508 e. The van der Waals surface area contributed by atoms with Gasteiger partial charge in [0.05, 0.1) is 54.9 Å². The first kappa shape index (κ1) is 38.3. The van der Waals surface area contributed by atoms with Crippen molar-refractivity contribution >= 4 is 29.9 Å². The van der Waals surface area contributed by atoms with Gasteiger partial charge in [0.25, 0.3) is 0 Å². The van der Waals surface area contributed by atoms with Crippen LogP contribution in [0.4, 0.5) is 0 Å². The highest BCUT2D eigenvalue weighted by atomic mass is 16.6. The molecule has 2 aromatic carbocycles. The molecule has 0 aliphatic carbocycles. The van der Waals surface area contributed by atoms with Crippen LogP contribution in [0, 0.1) is 10.8 Å². The summed E-state index contributed by atoms with van der Waals surface area (Å²) in [5, 5.41) is 48.3. The van der Waals surface area contributed by atoms with Crippen molar-refractivity contribution < 1.29 is 68.3 Å². The summed E-state index contributed by atoms with van der Waals surface area (Å²) in [5.74, 6) is -2.66. The zero-order valence-electron chi connectivity index (χ0n) is 26.9. The van der Waals surface area contributed by atoms with Crippen molar-refractivity contribution in [3.63, 3.8) is 0 Å². The third-order valence-electron chi connectivity index (χ3n) is 6.91. The molecular weight excluding hydrogens is 620 g/mol. The first-order valence-corrected chi connectivity index (χ1v) is 14.0. The van der Waals surface area contributed by atoms with Crippen molar-refractivity contribution in [2.24, 2.45) is 10.8 Å². The van der Waals surface area contributed by atoms with Crippen molar-refractivity contribution in [3.05, 3.63) is 59.4 Å². The summed E-state index contributed by atoms with van der Waals surface area (Å²) in [6, 6.07) is 5.87. The summed E-state index contributed by atoms with van der Waals surface area (Å²) in [6.07, 6.45) is 6.21. The molecule has 0 fully saturated rings. The molecule has 0 unspecified atom stereocenters. The Kier molecular flexibility index (Phi) is 14.0. The van der Waals surface area contributed by atoms with Gasteiger partial charge in [-0.15, -0.1) is 0 Å². The number of ketones is 1. The van der Waals surface area contributed by atoms with Gasteiger partial charge < -0.3 is 54.0 Å². The smallest absolute Gasteiger partial charge is 0.322 e. The second-order valence-electron chi connectivity index (χ2n) is 10.7. The molecule has 0 aliphatic rings. The van der Waals surface area contributed by atoms with Crippen molar-refractivity contribution in [2.45, 2.75) is 13.8 Å². The van der Waals surface area contributed by atoms with Crippen LogP contribution in [0.2, 0.25) is 0 Å². The van der Waals surface area contributed by atoms with Gasteiger partial charge in [0.1, 0.15) is 16.6 Å². The molecule has 14 nitrogen and oxygen atoms in total. The molecule has 0 amide bonds. The lowest BCUT2D eigenvalue weighted by molar-refractivity contribution is -0.151. The monoisotopic (exact) mass is 660 g/mol. The number of methoxy groups -OCH3 is 4. The summed E-state index contributed by atoms with van der Waals surface area (Å²) in [6.45, 7) is 0.0289. The fourth-order valence-corrected chi connectivity index (χ4v) is 3.59. The fraction of sp³-hybridized carbons (Fsp3) is 0.364. The van der Waals surface area contributed by atoms with Gasteiger partial charge in [-0.3, -0.25) is 14.4 Å². The molecule has 0 spiro atoms. The molecule has 0 aromatic heterocycles. The fourth-order valence-electron chi connectivity index (χ4n) is 3.59. The first-order valence-electron chi connectivity index (χ1n) is 14.0. The number of hydrogen-bond acceptors (Lipinski definition) is 14. The van der Waals surface area contributed by atoms with Gasteiger partial charge in [-0.05, 0) is 61.4 Å². The first-order chi connectivity index (χ1) is 22.3. The van der Waals surface area contributed by atoms with Crippen molar-refractivity contribution in [1.29, 1.82) is 0 Å². The van der Waals surface area contributed by atoms with Gasteiger partial charge in [0, 0.05) is 6.08 Å². The Hall–Kier alpha value is -4.89. The van der Waals surface area contributed by atoms with E-state index in [4.69, 9.17) is 28.4 Å². The van der Waals surface area contributed by atoms with Crippen LogP contribution in [0.25, 0.3) is 12.2 Å². The van der Waals surface area contributed by atoms with Crippen LogP contribution in [-0.2, 0) is 14.4 Å². The van der Waals surface area contributed by atoms with Crippen LogP contribution >= 0.6 is 0 Å². The number of carbonyl (C=O) groups excluding carboxylic acids is 3. The molecular formula is C33H40O14. The molecule has 14 heteroatoms. The van der Waals surface area contributed by atoms with Gasteiger partial charge in [-0.25, -0.2) is 0 Å². The van der Waals surface area contributed by atoms with E-state index in [2.05, 4.69) is 0 Å². The Morgan fingerprint density at radius 2 is 0.936 bits per heavy atom. The highest BCUT2D eigenvalue weighted by molar-refractivity contribution is 6.02. The minimum atomic E-state index is -1.57. The number of aliphatic hydroxyl groups is 5. The van der Waals surface area contributed by atoms with Gasteiger partial charge >= 0.3 is 11.9 Å². The van der Waals surface area contributed by atoms with Crippen LogP contribution < -0.4 is 28.4 Å². The van der Waals surface area contributed by atoms with Crippen LogP contribution in [0.15, 0.2) is 48.3 Å². The molecule has 0 aliphatic heterocycles. The average Bonchev–Trinajstić information content (AvgIpc) is 3.09. The van der Waals surface area contributed by atoms with E-state index in [9.17, 15) is 39.9 Å². The third-order valence-corrected chi connectivity index (χ3v) is 6.91. The number of carbonyl (C=O) groups is 3. The standard InChI is InChI=1S/C33H40O14/c1-32(16-34,17-35)30(40)46-28-24(42-3)11-20(12-25(28)43-4)7-9-22(38)15-23(39)10-8-21-13-26(44-5)29(27(14-21)45-6)47-31(41)33(2,18-36)19-37/h7-15,34-38H,16-19H2,1-6H3/b9-7+,10-8+,22-15-. The van der Waals surface area contributed by atoms with E-state index in [1.54, 1.807) is 0 Å². The van der Waals surface area contributed by atoms with E-state index < -0.39 is 60.7 Å². The molecule has 2 rings (SSSR count). The van der Waals surface area contributed by atoms with Gasteiger partial charge in [0.2, 0.25) is 11.5 Å². The molecule has 0 radical (unpaired) electrons. The Morgan fingerprint density at radius 1 is 0.617 bits per heavy atom. The number of benzene rings is 2. The number of esters is 2. The minimum Gasteiger partial charge on any atom is -0.508 e. The van der Waals surface area contributed by atoms with Gasteiger partial charge in [0.15, 0.2) is 28.8 Å². The molecule has 2 aromatic rings. The second-order valence-corrected chi connectivity index (χ2v) is 10.7. The molecule has 0 saturated carbocycles. The zero-order valence-corrected chi connectivity index (χ0v) is 26.9. The second kappa shape index (κ2) is 17.1. The highest BCUT2D eigenvalue weighted by Crippen LogP contribution is 2.41. The number of allylic oxidation sites excluding steroid dienone is 3. The Morgan fingerprint density at radius 3 is 1.23 bits per heavy atom. The normalized spacial score (nSPS) is 12.3. The van der Waals surface area contributed by atoms with Crippen molar-refractivity contribution in [3.8, 4) is 34.5 Å². The van der Waals surface area contributed by atoms with Crippen LogP contribution in [0.1, 0.15) is 25.0 Å². The molecule has 256 valence electrons. The summed E-state index contributed by atoms with van der Waals surface area (Å²) in [7, 11) is 5.30. The Balaban J connectivity index is 2.28. The van der Waals surface area contributed by atoms with Crippen LogP contribution in [-0.4, -0.2) is 98.1 Å². The highest BCUT2D eigenvalue weighted by Gasteiger charge is 2.36. The van der Waals surface area contributed by atoms with E-state index in [-0.39, 0.29) is 34.5 Å². The maximum atomic E-state index is 12.6. The van der Waals surface area contributed by atoms with E-state index >= 15 is 0 Å². The van der Waals surface area contributed by atoms with Gasteiger partial charge in [-0.1, -0.05) is 12.2 Å². The summed E-state index contributed by atoms with van der Waals surface area (Å²) < 4.78 is 32.0. The minimum absolute atomic E-state index is 0.0757. The molecule has 0 bridgehead atoms. The summed E-state index contributed by atoms with van der Waals surface area (Å²) in [5.41, 5.74) is -2.27. The zero-order chi connectivity index (χ0) is 35.4. The third kappa shape index (κ3) is 9.56. The topological polar surface area (TPSA) is 208 Å². The van der Waals surface area contributed by atoms with E-state index in [0.717, 1.165) is 6.08 Å². The lowest BCUT2D eigenvalue weighted by Crippen LogP contribution is -2.38. The molecule has 47 heavy (non-hydrogen) atoms. The van der Waals surface area contributed by atoms with E-state index in [0.29, 0.717) is 11.1 Å². The number of rotatable bonds is 17. The van der Waals surface area contributed by atoms with Crippen molar-refractivity contribution in [1.82, 2.24) is 0 Å². The molecule has 0 heterocycles. The average molecular weight is 661 g/mol. The van der Waals surface area contributed by atoms with E-state index in [1.165, 1.54) is 90.9 Å². The van der Waals surface area contributed by atoms with E-state index in [1.807, 2.05) is 0 Å². The predicted octanol–water partition coefficient (Wildman–Crippen LogP) is 2.25. The lowest BCUT2D eigenvalue weighted by atomic mass is 9.93. The summed E-state index contributed by atoms with van der Waals surface area (Å²) >= 11 is 0. The maximum absolute atomic E-state index is 12.6. The molecule has 0 saturated heterocycles. The quantitative estimate of drug-likeness (QED) is 0.0542. The predicted molar refractivity (Wildman–Crippen MR) is 169 cm³/mol. The maximum Gasteiger partial charge on any atom is 0.322 e. The van der Waals surface area contributed by atoms with Crippen LogP contribution in [0.3, 0.4) is 0 Å². The molecule has 0 atom stereocenters. The SMILES string of the molecule is COc1cc(/C=C/C(=O)/C=C(O)/C=C/c2cc(OC)c(OC(=O)C(C)(CO)CO)c(OC)c2)cc(OC)c1OC(=O)C(C)(CO)CO. The Labute approximate surface area is 271 Å². The Bertz CT molecular complexity index is 1460. The lowest BCUT2D eigenvalue weighted by Gasteiger charge is -2.23. The van der Waals surface area contributed by atoms with Crippen LogP contribution in [0.5, 0.6) is 34.5 Å². The van der Waals surface area contributed by atoms with Gasteiger partial charge in [-0.2, -0.15) is 0 Å². The number of aliphatic hydroxyl groups excluding tert-OH is 5.